The number of hydrogen-bond acceptors (Lipinski definition) is 4. The first kappa shape index (κ1) is 21.6. The third-order valence-electron chi connectivity index (χ3n) is 6.44. The van der Waals surface area contributed by atoms with Crippen molar-refractivity contribution >= 4 is 34.7 Å². The molecule has 0 bridgehead atoms. The van der Waals surface area contributed by atoms with Crippen LogP contribution in [-0.4, -0.2) is 28.6 Å². The number of nitrogens with zero attached hydrogens (tertiary/aromatic N) is 2. The number of halogens is 1. The second-order valence-corrected chi connectivity index (χ2v) is 10.1. The van der Waals surface area contributed by atoms with Gasteiger partial charge in [0.25, 0.3) is 11.1 Å². The quantitative estimate of drug-likeness (QED) is 0.544. The summed E-state index contributed by atoms with van der Waals surface area (Å²) in [6.07, 6.45) is 2.88. The summed E-state index contributed by atoms with van der Waals surface area (Å²) in [5, 5.41) is -0.300. The van der Waals surface area contributed by atoms with Crippen LogP contribution < -0.4 is 4.90 Å². The monoisotopic (exact) mass is 438 g/mol. The number of aryl methyl sites for hydroxylation is 1. The van der Waals surface area contributed by atoms with Crippen molar-refractivity contribution in [1.29, 1.82) is 0 Å². The number of benzene rings is 2. The Bertz CT molecular complexity index is 1090. The van der Waals surface area contributed by atoms with Crippen molar-refractivity contribution in [2.24, 2.45) is 0 Å². The third-order valence-corrected chi connectivity index (χ3v) is 7.34. The summed E-state index contributed by atoms with van der Waals surface area (Å²) in [6, 6.07) is 10.2. The maximum absolute atomic E-state index is 13.1. The van der Waals surface area contributed by atoms with E-state index in [2.05, 4.69) is 44.9 Å². The molecule has 1 atom stereocenters. The molecule has 6 heteroatoms. The Kier molecular flexibility index (Phi) is 5.46. The molecular weight excluding hydrogens is 411 g/mol. The minimum absolute atomic E-state index is 0.0867. The van der Waals surface area contributed by atoms with Crippen molar-refractivity contribution in [3.05, 3.63) is 69.4 Å². The number of imide groups is 1. The molecule has 1 saturated heterocycles. The van der Waals surface area contributed by atoms with E-state index in [1.54, 1.807) is 12.1 Å². The summed E-state index contributed by atoms with van der Waals surface area (Å²) in [5.41, 5.74) is 5.33. The predicted molar refractivity (Wildman–Crippen MR) is 125 cm³/mol. The summed E-state index contributed by atoms with van der Waals surface area (Å²) >= 11 is 0.960. The van der Waals surface area contributed by atoms with Gasteiger partial charge in [-0.2, -0.15) is 0 Å². The number of thioether (sulfide) groups is 1. The molecule has 0 N–H and O–H groups in total. The summed E-state index contributed by atoms with van der Waals surface area (Å²) in [5.74, 6) is -0.242. The van der Waals surface area contributed by atoms with Crippen LogP contribution in [0, 0.1) is 12.7 Å². The summed E-state index contributed by atoms with van der Waals surface area (Å²) in [7, 11) is 2.13. The van der Waals surface area contributed by atoms with E-state index in [4.69, 9.17) is 0 Å². The van der Waals surface area contributed by atoms with Crippen LogP contribution in [0.1, 0.15) is 55.4 Å². The molecule has 4 rings (SSSR count). The highest BCUT2D eigenvalue weighted by atomic mass is 32.2. The number of hydrogen-bond donors (Lipinski definition) is 0. The minimum Gasteiger partial charge on any atom is -0.369 e. The minimum atomic E-state index is -0.344. The molecule has 2 amide bonds. The van der Waals surface area contributed by atoms with Gasteiger partial charge in [0.05, 0.1) is 11.4 Å². The van der Waals surface area contributed by atoms with Crippen molar-refractivity contribution < 1.29 is 14.0 Å². The van der Waals surface area contributed by atoms with Gasteiger partial charge in [-0.05, 0) is 97.5 Å². The highest BCUT2D eigenvalue weighted by Crippen LogP contribution is 2.44. The summed E-state index contributed by atoms with van der Waals surface area (Å²) in [4.78, 5) is 29.4. The van der Waals surface area contributed by atoms with E-state index < -0.39 is 0 Å². The normalized spacial score (nSPS) is 21.7. The number of anilines is 1. The van der Waals surface area contributed by atoms with E-state index in [9.17, 15) is 14.0 Å². The Morgan fingerprint density at radius 1 is 1.19 bits per heavy atom. The Morgan fingerprint density at radius 3 is 2.55 bits per heavy atom. The maximum Gasteiger partial charge on any atom is 0.293 e. The molecule has 0 radical (unpaired) electrons. The first-order chi connectivity index (χ1) is 14.6. The van der Waals surface area contributed by atoms with E-state index in [1.165, 1.54) is 28.3 Å². The zero-order valence-corrected chi connectivity index (χ0v) is 19.3. The lowest BCUT2D eigenvalue weighted by molar-refractivity contribution is -0.123. The lowest BCUT2D eigenvalue weighted by atomic mass is 9.79. The van der Waals surface area contributed by atoms with Crippen LogP contribution in [0.2, 0.25) is 0 Å². The summed E-state index contributed by atoms with van der Waals surface area (Å²) in [6.45, 7) is 8.93. The average Bonchev–Trinajstić information content (AvgIpc) is 2.96. The van der Waals surface area contributed by atoms with Crippen molar-refractivity contribution in [3.8, 4) is 0 Å². The largest absolute Gasteiger partial charge is 0.369 e. The van der Waals surface area contributed by atoms with Gasteiger partial charge in [-0.1, -0.05) is 19.1 Å². The van der Waals surface area contributed by atoms with Crippen LogP contribution >= 0.6 is 11.8 Å². The van der Waals surface area contributed by atoms with Gasteiger partial charge in [0.1, 0.15) is 5.82 Å². The van der Waals surface area contributed by atoms with Crippen molar-refractivity contribution in [2.75, 3.05) is 11.9 Å². The second-order valence-electron chi connectivity index (χ2n) is 9.14. The molecule has 2 aromatic rings. The van der Waals surface area contributed by atoms with Crippen LogP contribution in [0.4, 0.5) is 14.9 Å². The molecule has 0 spiro atoms. The standard InChI is InChI=1S/C25H27FN2O2S/c1-15-10-21-20(16(2)13-25(3,4)27(21)5)11-18(15)12-22-23(29)28(24(30)31-22)14-17-6-8-19(26)9-7-17/h6-12,16H,13-14H2,1-5H3/b22-12-/t16-/m1/s1. The van der Waals surface area contributed by atoms with Crippen LogP contribution in [0.3, 0.4) is 0 Å². The molecule has 4 nitrogen and oxygen atoms in total. The molecular formula is C25H27FN2O2S. The number of carbonyl (C=O) groups is 2. The van der Waals surface area contributed by atoms with Crippen LogP contribution in [-0.2, 0) is 11.3 Å². The molecule has 162 valence electrons. The van der Waals surface area contributed by atoms with E-state index in [0.29, 0.717) is 10.8 Å². The smallest absolute Gasteiger partial charge is 0.293 e. The van der Waals surface area contributed by atoms with Gasteiger partial charge < -0.3 is 4.90 Å². The zero-order valence-electron chi connectivity index (χ0n) is 18.5. The van der Waals surface area contributed by atoms with Gasteiger partial charge in [0, 0.05) is 18.3 Å². The molecule has 2 aromatic carbocycles. The summed E-state index contributed by atoms with van der Waals surface area (Å²) < 4.78 is 13.1. The van der Waals surface area contributed by atoms with Crippen molar-refractivity contribution in [1.82, 2.24) is 4.90 Å². The lowest BCUT2D eigenvalue weighted by Gasteiger charge is -2.45. The van der Waals surface area contributed by atoms with E-state index in [1.807, 2.05) is 13.0 Å². The van der Waals surface area contributed by atoms with Gasteiger partial charge in [-0.3, -0.25) is 14.5 Å². The Balaban J connectivity index is 1.63. The van der Waals surface area contributed by atoms with Gasteiger partial charge in [0.15, 0.2) is 0 Å². The fourth-order valence-corrected chi connectivity index (χ4v) is 5.27. The first-order valence-electron chi connectivity index (χ1n) is 10.4. The fourth-order valence-electron chi connectivity index (χ4n) is 4.44. The topological polar surface area (TPSA) is 40.6 Å². The fraction of sp³-hybridized carbons (Fsp3) is 0.360. The SMILES string of the molecule is Cc1cc2c(cc1/C=C1\SC(=O)N(Cc3ccc(F)cc3)C1=O)[C@H](C)CC(C)(C)N2C. The highest BCUT2D eigenvalue weighted by molar-refractivity contribution is 8.18. The Labute approximate surface area is 187 Å². The van der Waals surface area contributed by atoms with Crippen molar-refractivity contribution in [3.63, 3.8) is 0 Å². The van der Waals surface area contributed by atoms with Gasteiger partial charge in [-0.15, -0.1) is 0 Å². The average molecular weight is 439 g/mol. The third kappa shape index (κ3) is 4.01. The highest BCUT2D eigenvalue weighted by Gasteiger charge is 2.36. The molecule has 2 aliphatic rings. The van der Waals surface area contributed by atoms with Gasteiger partial charge >= 0.3 is 0 Å². The molecule has 0 saturated carbocycles. The molecule has 2 heterocycles. The van der Waals surface area contributed by atoms with Crippen molar-refractivity contribution in [2.45, 2.75) is 52.1 Å². The molecule has 0 aliphatic carbocycles. The second kappa shape index (κ2) is 7.83. The molecule has 31 heavy (non-hydrogen) atoms. The number of amides is 2. The Morgan fingerprint density at radius 2 is 1.87 bits per heavy atom. The molecule has 1 fully saturated rings. The number of rotatable bonds is 3. The van der Waals surface area contributed by atoms with Gasteiger partial charge in [0.2, 0.25) is 0 Å². The maximum atomic E-state index is 13.1. The number of carbonyl (C=O) groups excluding carboxylic acids is 2. The van der Waals surface area contributed by atoms with Crippen LogP contribution in [0.5, 0.6) is 0 Å². The Hall–Kier alpha value is -2.60. The van der Waals surface area contributed by atoms with Gasteiger partial charge in [-0.25, -0.2) is 4.39 Å². The van der Waals surface area contributed by atoms with Crippen LogP contribution in [0.25, 0.3) is 6.08 Å². The predicted octanol–water partition coefficient (Wildman–Crippen LogP) is 6.09. The van der Waals surface area contributed by atoms with E-state index in [0.717, 1.165) is 34.9 Å². The molecule has 2 aliphatic heterocycles. The zero-order chi connectivity index (χ0) is 22.5. The molecule has 0 aromatic heterocycles. The lowest BCUT2D eigenvalue weighted by Crippen LogP contribution is -2.45. The molecule has 0 unspecified atom stereocenters. The van der Waals surface area contributed by atoms with E-state index in [-0.39, 0.29) is 29.0 Å². The first-order valence-corrected chi connectivity index (χ1v) is 11.3. The van der Waals surface area contributed by atoms with E-state index >= 15 is 0 Å². The van der Waals surface area contributed by atoms with Crippen LogP contribution in [0.15, 0.2) is 41.3 Å². The number of fused-ring (bicyclic) bond motifs is 1.